The topological polar surface area (TPSA) is 184 Å². The van der Waals surface area contributed by atoms with E-state index in [0.29, 0.717) is 57.3 Å². The standard InChI is InChI=1S/C57H58O14/c1-4-52(59)66-38-12-7-6-11-37-65-46-26-16-42(17-27-46)19-35-55(62)68-48-30-24-45(25-31-48)57(64)71-50-33-32-49(39-40(50)3)69-56(63)44-22-28-47(29-23-44)67-54(61)34-18-41-14-20-43(21-15-41)51(70-53(60)5-2)13-9-8-10-36-58/h4-5,14-17,20-33,36,39,51H,1-2,6-13,18-19,34-35,37-38H2,3H3. The summed E-state index contributed by atoms with van der Waals surface area (Å²) >= 11 is 0. The van der Waals surface area contributed by atoms with Crippen molar-refractivity contribution in [3.05, 3.63) is 174 Å². The monoisotopic (exact) mass is 966 g/mol. The zero-order chi connectivity index (χ0) is 50.8. The largest absolute Gasteiger partial charge is 0.494 e. The van der Waals surface area contributed by atoms with E-state index in [9.17, 15) is 33.6 Å². The minimum Gasteiger partial charge on any atom is -0.494 e. The molecule has 0 aliphatic carbocycles. The molecule has 0 N–H and O–H groups in total. The molecule has 14 heteroatoms. The molecule has 0 aliphatic heterocycles. The summed E-state index contributed by atoms with van der Waals surface area (Å²) in [6.45, 7) is 9.49. The number of carbonyl (C=O) groups excluding carboxylic acids is 7. The first-order valence-corrected chi connectivity index (χ1v) is 23.5. The number of hydrogen-bond donors (Lipinski definition) is 0. The number of ether oxygens (including phenoxy) is 7. The molecule has 0 radical (unpaired) electrons. The Bertz CT molecular complexity index is 2580. The molecule has 0 heterocycles. The number of esters is 6. The summed E-state index contributed by atoms with van der Waals surface area (Å²) in [6, 6.07) is 31.5. The van der Waals surface area contributed by atoms with Gasteiger partial charge in [-0.05, 0) is 166 Å². The Labute approximate surface area is 413 Å². The van der Waals surface area contributed by atoms with Crippen molar-refractivity contribution < 1.29 is 66.7 Å². The van der Waals surface area contributed by atoms with Crippen LogP contribution < -0.4 is 23.7 Å². The van der Waals surface area contributed by atoms with Crippen LogP contribution in [0.15, 0.2) is 141 Å². The molecule has 1 atom stereocenters. The van der Waals surface area contributed by atoms with E-state index in [-0.39, 0.29) is 47.0 Å². The Morgan fingerprint density at radius 2 is 1.06 bits per heavy atom. The lowest BCUT2D eigenvalue weighted by Gasteiger charge is -2.18. The Balaban J connectivity index is 0.992. The van der Waals surface area contributed by atoms with Gasteiger partial charge in [0.2, 0.25) is 0 Å². The molecule has 5 aromatic rings. The van der Waals surface area contributed by atoms with Crippen molar-refractivity contribution in [2.75, 3.05) is 13.2 Å². The van der Waals surface area contributed by atoms with Crippen molar-refractivity contribution in [3.8, 4) is 28.7 Å². The maximum atomic E-state index is 13.0. The van der Waals surface area contributed by atoms with E-state index in [0.717, 1.165) is 66.6 Å². The molecule has 0 amide bonds. The van der Waals surface area contributed by atoms with Crippen molar-refractivity contribution in [1.29, 1.82) is 0 Å². The van der Waals surface area contributed by atoms with E-state index >= 15 is 0 Å². The number of unbranched alkanes of at least 4 members (excludes halogenated alkanes) is 5. The van der Waals surface area contributed by atoms with Crippen LogP contribution in [0.3, 0.4) is 0 Å². The van der Waals surface area contributed by atoms with Crippen LogP contribution in [0, 0.1) is 6.92 Å². The van der Waals surface area contributed by atoms with Gasteiger partial charge in [0.05, 0.1) is 24.3 Å². The first kappa shape index (κ1) is 53.8. The summed E-state index contributed by atoms with van der Waals surface area (Å²) in [5.74, 6) is -1.37. The fourth-order valence-corrected chi connectivity index (χ4v) is 6.97. The van der Waals surface area contributed by atoms with Crippen LogP contribution in [0.4, 0.5) is 0 Å². The minimum atomic E-state index is -0.652. The van der Waals surface area contributed by atoms with Crippen molar-refractivity contribution in [3.63, 3.8) is 0 Å². The average Bonchev–Trinajstić information content (AvgIpc) is 3.38. The molecule has 0 fully saturated rings. The predicted octanol–water partition coefficient (Wildman–Crippen LogP) is 10.7. The van der Waals surface area contributed by atoms with Gasteiger partial charge in [0, 0.05) is 31.4 Å². The average molecular weight is 967 g/mol. The van der Waals surface area contributed by atoms with Crippen LogP contribution in [-0.4, -0.2) is 55.3 Å². The SMILES string of the molecule is C=CC(=O)OCCCCCCOc1ccc(CCC(=O)Oc2ccc(C(=O)Oc3ccc(OC(=O)c4ccc(OC(=O)CCc5ccc(C(CCCCC=O)OC(=O)C=C)cc5)cc4)cc3C)cc2)cc1. The lowest BCUT2D eigenvalue weighted by atomic mass is 10.00. The van der Waals surface area contributed by atoms with Gasteiger partial charge in [-0.3, -0.25) is 9.59 Å². The third kappa shape index (κ3) is 19.1. The van der Waals surface area contributed by atoms with Gasteiger partial charge >= 0.3 is 35.8 Å². The summed E-state index contributed by atoms with van der Waals surface area (Å²) in [7, 11) is 0. The molecule has 0 aliphatic rings. The molecule has 0 spiro atoms. The smallest absolute Gasteiger partial charge is 0.343 e. The van der Waals surface area contributed by atoms with Crippen molar-refractivity contribution in [1.82, 2.24) is 0 Å². The van der Waals surface area contributed by atoms with Crippen LogP contribution in [0.1, 0.15) is 113 Å². The van der Waals surface area contributed by atoms with Gasteiger partial charge in [0.1, 0.15) is 41.1 Å². The first-order valence-electron chi connectivity index (χ1n) is 23.5. The third-order valence-electron chi connectivity index (χ3n) is 10.9. The molecule has 14 nitrogen and oxygen atoms in total. The fraction of sp³-hybridized carbons (Fsp3) is 0.281. The van der Waals surface area contributed by atoms with Crippen LogP contribution in [0.2, 0.25) is 0 Å². The number of hydrogen-bond acceptors (Lipinski definition) is 14. The second-order valence-electron chi connectivity index (χ2n) is 16.3. The van der Waals surface area contributed by atoms with Crippen LogP contribution in [0.5, 0.6) is 28.7 Å². The maximum Gasteiger partial charge on any atom is 0.343 e. The summed E-state index contributed by atoms with van der Waals surface area (Å²) in [6.07, 6.45) is 9.75. The third-order valence-corrected chi connectivity index (χ3v) is 10.9. The summed E-state index contributed by atoms with van der Waals surface area (Å²) < 4.78 is 38.4. The molecule has 5 aromatic carbocycles. The molecular weight excluding hydrogens is 909 g/mol. The number of carbonyl (C=O) groups is 7. The Morgan fingerprint density at radius 1 is 0.535 bits per heavy atom. The van der Waals surface area contributed by atoms with E-state index in [1.54, 1.807) is 13.0 Å². The lowest BCUT2D eigenvalue weighted by molar-refractivity contribution is -0.144. The molecule has 5 rings (SSSR count). The van der Waals surface area contributed by atoms with Crippen molar-refractivity contribution >= 4 is 42.1 Å². The number of aldehydes is 1. The molecule has 71 heavy (non-hydrogen) atoms. The molecule has 370 valence electrons. The Morgan fingerprint density at radius 3 is 1.61 bits per heavy atom. The quantitative estimate of drug-likeness (QED) is 0.0145. The summed E-state index contributed by atoms with van der Waals surface area (Å²) in [4.78, 5) is 84.8. The highest BCUT2D eigenvalue weighted by Crippen LogP contribution is 2.28. The maximum absolute atomic E-state index is 13.0. The normalized spacial score (nSPS) is 11.0. The molecule has 1 unspecified atom stereocenters. The Kier molecular flexibility index (Phi) is 22.0. The molecule has 0 saturated heterocycles. The molecule has 0 aromatic heterocycles. The Hall–Kier alpha value is -8.13. The van der Waals surface area contributed by atoms with Crippen molar-refractivity contribution in [2.45, 2.75) is 90.1 Å². The molecule has 0 saturated carbocycles. The molecule has 0 bridgehead atoms. The first-order chi connectivity index (χ1) is 34.4. The zero-order valence-corrected chi connectivity index (χ0v) is 39.8. The summed E-state index contributed by atoms with van der Waals surface area (Å²) in [5, 5.41) is 0. The predicted molar refractivity (Wildman–Crippen MR) is 263 cm³/mol. The highest BCUT2D eigenvalue weighted by molar-refractivity contribution is 5.92. The van der Waals surface area contributed by atoms with Gasteiger partial charge in [-0.25, -0.2) is 19.2 Å². The van der Waals surface area contributed by atoms with Gasteiger partial charge < -0.3 is 38.0 Å². The van der Waals surface area contributed by atoms with Crippen LogP contribution in [0.25, 0.3) is 0 Å². The number of aryl methyl sites for hydroxylation is 3. The second kappa shape index (κ2) is 29.0. The number of rotatable bonds is 29. The highest BCUT2D eigenvalue weighted by atomic mass is 16.6. The zero-order valence-electron chi connectivity index (χ0n) is 39.8. The van der Waals surface area contributed by atoms with Gasteiger partial charge in [-0.2, -0.15) is 0 Å². The van der Waals surface area contributed by atoms with Gasteiger partial charge in [0.15, 0.2) is 0 Å². The minimum absolute atomic E-state index is 0.0956. The van der Waals surface area contributed by atoms with E-state index in [4.69, 9.17) is 33.2 Å². The second-order valence-corrected chi connectivity index (χ2v) is 16.3. The van der Waals surface area contributed by atoms with E-state index < -0.39 is 41.9 Å². The summed E-state index contributed by atoms with van der Waals surface area (Å²) in [5.41, 5.74) is 3.61. The number of benzene rings is 5. The van der Waals surface area contributed by atoms with E-state index in [2.05, 4.69) is 13.2 Å². The van der Waals surface area contributed by atoms with Crippen LogP contribution >= 0.6 is 0 Å². The van der Waals surface area contributed by atoms with Gasteiger partial charge in [0.25, 0.3) is 0 Å². The van der Waals surface area contributed by atoms with E-state index in [1.807, 2.05) is 48.5 Å². The fourth-order valence-electron chi connectivity index (χ4n) is 6.97. The van der Waals surface area contributed by atoms with Gasteiger partial charge in [-0.1, -0.05) is 49.6 Å². The van der Waals surface area contributed by atoms with Crippen molar-refractivity contribution in [2.24, 2.45) is 0 Å². The highest BCUT2D eigenvalue weighted by Gasteiger charge is 2.18. The van der Waals surface area contributed by atoms with Gasteiger partial charge in [-0.15, -0.1) is 0 Å². The van der Waals surface area contributed by atoms with Crippen LogP contribution in [-0.2, 0) is 46.3 Å². The lowest BCUT2D eigenvalue weighted by Crippen LogP contribution is -2.12. The molecular formula is C57H58O14. The van der Waals surface area contributed by atoms with E-state index in [1.165, 1.54) is 60.7 Å².